The van der Waals surface area contributed by atoms with E-state index >= 15 is 0 Å². The Hall–Kier alpha value is -0.550. The van der Waals surface area contributed by atoms with Gasteiger partial charge in [-0.1, -0.05) is 0 Å². The summed E-state index contributed by atoms with van der Waals surface area (Å²) in [5.41, 5.74) is 0. The second kappa shape index (κ2) is 5.19. The standard InChI is InChI=1S/C10H13ClFN3S/c1-16-7-3-2-6(4-7)14-9-8(12)5-13-10(11)15-9/h5-7H,2-4H2,1H3,(H,13,14,15). The Kier molecular flexibility index (Phi) is 3.86. The third-order valence-corrected chi connectivity index (χ3v) is 4.05. The van der Waals surface area contributed by atoms with Crippen LogP contribution in [0.5, 0.6) is 0 Å². The van der Waals surface area contributed by atoms with Crippen molar-refractivity contribution in [3.8, 4) is 0 Å². The molecule has 0 amide bonds. The second-order valence-electron chi connectivity index (χ2n) is 3.85. The predicted molar refractivity (Wildman–Crippen MR) is 65.6 cm³/mol. The molecule has 1 fully saturated rings. The first-order valence-electron chi connectivity index (χ1n) is 5.16. The Morgan fingerprint density at radius 1 is 1.56 bits per heavy atom. The maximum Gasteiger partial charge on any atom is 0.224 e. The van der Waals surface area contributed by atoms with Crippen LogP contribution in [-0.2, 0) is 0 Å². The van der Waals surface area contributed by atoms with E-state index in [1.54, 1.807) is 0 Å². The number of hydrogen-bond acceptors (Lipinski definition) is 4. The van der Waals surface area contributed by atoms with Gasteiger partial charge in [0.25, 0.3) is 0 Å². The fourth-order valence-electron chi connectivity index (χ4n) is 1.93. The normalized spacial score (nSPS) is 24.7. The number of nitrogens with zero attached hydrogens (tertiary/aromatic N) is 2. The molecule has 0 saturated heterocycles. The predicted octanol–water partition coefficient (Wildman–Crippen LogP) is 2.97. The van der Waals surface area contributed by atoms with Crippen LogP contribution in [0.25, 0.3) is 0 Å². The van der Waals surface area contributed by atoms with Crippen LogP contribution in [0.15, 0.2) is 6.20 Å². The molecule has 88 valence electrons. The van der Waals surface area contributed by atoms with Crippen molar-refractivity contribution in [2.24, 2.45) is 0 Å². The summed E-state index contributed by atoms with van der Waals surface area (Å²) < 4.78 is 13.4. The third kappa shape index (κ3) is 2.77. The van der Waals surface area contributed by atoms with Crippen molar-refractivity contribution in [1.29, 1.82) is 0 Å². The minimum atomic E-state index is -0.447. The first kappa shape index (κ1) is 11.9. The molecule has 6 heteroatoms. The summed E-state index contributed by atoms with van der Waals surface area (Å²) in [6.45, 7) is 0. The van der Waals surface area contributed by atoms with Gasteiger partial charge in [-0.2, -0.15) is 16.7 Å². The molecule has 0 aromatic carbocycles. The fourth-order valence-corrected chi connectivity index (χ4v) is 2.86. The highest BCUT2D eigenvalue weighted by molar-refractivity contribution is 7.99. The highest BCUT2D eigenvalue weighted by Crippen LogP contribution is 2.30. The highest BCUT2D eigenvalue weighted by atomic mass is 35.5. The summed E-state index contributed by atoms with van der Waals surface area (Å²) in [5, 5.41) is 3.83. The number of aromatic nitrogens is 2. The van der Waals surface area contributed by atoms with Crippen molar-refractivity contribution in [3.05, 3.63) is 17.3 Å². The molecule has 1 heterocycles. The Morgan fingerprint density at radius 2 is 2.38 bits per heavy atom. The zero-order valence-electron chi connectivity index (χ0n) is 8.91. The first-order valence-corrected chi connectivity index (χ1v) is 6.83. The van der Waals surface area contributed by atoms with Crippen molar-refractivity contribution >= 4 is 29.2 Å². The quantitative estimate of drug-likeness (QED) is 0.849. The van der Waals surface area contributed by atoms with Crippen molar-refractivity contribution in [2.45, 2.75) is 30.6 Å². The molecule has 1 aliphatic rings. The molecule has 0 aliphatic heterocycles. The molecule has 1 aromatic heterocycles. The number of halogens is 2. The number of anilines is 1. The minimum Gasteiger partial charge on any atom is -0.365 e. The van der Waals surface area contributed by atoms with Gasteiger partial charge in [0, 0.05) is 11.3 Å². The van der Waals surface area contributed by atoms with Crippen molar-refractivity contribution in [1.82, 2.24) is 9.97 Å². The number of thioether (sulfide) groups is 1. The smallest absolute Gasteiger partial charge is 0.224 e. The highest BCUT2D eigenvalue weighted by Gasteiger charge is 2.24. The van der Waals surface area contributed by atoms with Gasteiger partial charge in [-0.25, -0.2) is 9.37 Å². The van der Waals surface area contributed by atoms with E-state index in [4.69, 9.17) is 11.6 Å². The molecule has 2 unspecified atom stereocenters. The Labute approximate surface area is 103 Å². The minimum absolute atomic E-state index is 0.0725. The van der Waals surface area contributed by atoms with E-state index in [1.807, 2.05) is 11.8 Å². The maximum absolute atomic E-state index is 13.4. The molecular weight excluding hydrogens is 249 g/mol. The van der Waals surface area contributed by atoms with Gasteiger partial charge in [0.1, 0.15) is 0 Å². The van der Waals surface area contributed by atoms with Crippen molar-refractivity contribution < 1.29 is 4.39 Å². The summed E-state index contributed by atoms with van der Waals surface area (Å²) in [6.07, 6.45) is 6.46. The van der Waals surface area contributed by atoms with Crippen molar-refractivity contribution in [2.75, 3.05) is 11.6 Å². The monoisotopic (exact) mass is 261 g/mol. The Balaban J connectivity index is 2.01. The average molecular weight is 262 g/mol. The van der Waals surface area contributed by atoms with Crippen LogP contribution in [0.3, 0.4) is 0 Å². The second-order valence-corrected chi connectivity index (χ2v) is 5.32. The largest absolute Gasteiger partial charge is 0.365 e. The molecule has 1 N–H and O–H groups in total. The molecule has 0 bridgehead atoms. The topological polar surface area (TPSA) is 37.8 Å². The zero-order valence-corrected chi connectivity index (χ0v) is 10.5. The van der Waals surface area contributed by atoms with Crippen LogP contribution in [0.2, 0.25) is 5.28 Å². The molecule has 1 aromatic rings. The van der Waals surface area contributed by atoms with E-state index in [1.165, 1.54) is 6.42 Å². The van der Waals surface area contributed by atoms with E-state index in [9.17, 15) is 4.39 Å². The van der Waals surface area contributed by atoms with Gasteiger partial charge in [-0.05, 0) is 37.1 Å². The molecule has 0 radical (unpaired) electrons. The van der Waals surface area contributed by atoms with E-state index in [2.05, 4.69) is 21.5 Å². The van der Waals surface area contributed by atoms with Crippen LogP contribution >= 0.6 is 23.4 Å². The number of nitrogens with one attached hydrogen (secondary N) is 1. The molecule has 2 atom stereocenters. The van der Waals surface area contributed by atoms with Crippen LogP contribution < -0.4 is 5.32 Å². The first-order chi connectivity index (χ1) is 7.69. The van der Waals surface area contributed by atoms with Crippen LogP contribution in [0, 0.1) is 5.82 Å². The summed E-state index contributed by atoms with van der Waals surface area (Å²) in [4.78, 5) is 7.43. The van der Waals surface area contributed by atoms with E-state index in [0.29, 0.717) is 5.25 Å². The summed E-state index contributed by atoms with van der Waals surface area (Å²) in [7, 11) is 0. The molecule has 16 heavy (non-hydrogen) atoms. The van der Waals surface area contributed by atoms with Gasteiger partial charge in [-0.15, -0.1) is 0 Å². The lowest BCUT2D eigenvalue weighted by molar-refractivity contribution is 0.610. The van der Waals surface area contributed by atoms with Gasteiger partial charge in [0.2, 0.25) is 5.28 Å². The maximum atomic E-state index is 13.4. The summed E-state index contributed by atoms with van der Waals surface area (Å²) >= 11 is 7.49. The Morgan fingerprint density at radius 3 is 3.06 bits per heavy atom. The van der Waals surface area contributed by atoms with Gasteiger partial charge < -0.3 is 5.32 Å². The summed E-state index contributed by atoms with van der Waals surface area (Å²) in [5.74, 6) is -0.233. The SMILES string of the molecule is CSC1CCC(Nc2nc(Cl)ncc2F)C1. The molecule has 1 saturated carbocycles. The average Bonchev–Trinajstić information content (AvgIpc) is 2.71. The van der Waals surface area contributed by atoms with Gasteiger partial charge in [0.15, 0.2) is 11.6 Å². The van der Waals surface area contributed by atoms with E-state index in [-0.39, 0.29) is 17.1 Å². The summed E-state index contributed by atoms with van der Waals surface area (Å²) in [6, 6.07) is 0.290. The number of hydrogen-bond donors (Lipinski definition) is 1. The molecule has 1 aliphatic carbocycles. The van der Waals surface area contributed by atoms with E-state index in [0.717, 1.165) is 19.0 Å². The van der Waals surface area contributed by atoms with Crippen LogP contribution in [0.1, 0.15) is 19.3 Å². The van der Waals surface area contributed by atoms with Crippen LogP contribution in [-0.4, -0.2) is 27.5 Å². The lowest BCUT2D eigenvalue weighted by Gasteiger charge is -2.13. The van der Waals surface area contributed by atoms with Crippen molar-refractivity contribution in [3.63, 3.8) is 0 Å². The van der Waals surface area contributed by atoms with Gasteiger partial charge >= 0.3 is 0 Å². The lowest BCUT2D eigenvalue weighted by Crippen LogP contribution is -2.18. The van der Waals surface area contributed by atoms with Gasteiger partial charge in [0.05, 0.1) is 6.20 Å². The molecule has 0 spiro atoms. The fraction of sp³-hybridized carbons (Fsp3) is 0.600. The zero-order chi connectivity index (χ0) is 11.5. The molecule has 3 nitrogen and oxygen atoms in total. The molecule has 2 rings (SSSR count). The number of rotatable bonds is 3. The van der Waals surface area contributed by atoms with Gasteiger partial charge in [-0.3, -0.25) is 0 Å². The van der Waals surface area contributed by atoms with E-state index < -0.39 is 5.82 Å². The molecular formula is C10H13ClFN3S. The van der Waals surface area contributed by atoms with Crippen LogP contribution in [0.4, 0.5) is 10.2 Å². The third-order valence-electron chi connectivity index (χ3n) is 2.77. The lowest BCUT2D eigenvalue weighted by atomic mass is 10.2. The Bertz CT molecular complexity index is 377.